The Bertz CT molecular complexity index is 1050. The lowest BCUT2D eigenvalue weighted by Crippen LogP contribution is -2.42. The van der Waals surface area contributed by atoms with Gasteiger partial charge in [0.25, 0.3) is 5.91 Å². The largest absolute Gasteiger partial charge is 0.384 e. The highest BCUT2D eigenvalue weighted by molar-refractivity contribution is 9.12. The van der Waals surface area contributed by atoms with E-state index < -0.39 is 0 Å². The number of hydrogen-bond acceptors (Lipinski definition) is 5. The highest BCUT2D eigenvalue weighted by Crippen LogP contribution is 2.23. The molecule has 1 N–H and O–H groups in total. The van der Waals surface area contributed by atoms with Crippen LogP contribution in [-0.4, -0.2) is 54.4 Å². The van der Waals surface area contributed by atoms with E-state index in [-0.39, 0.29) is 11.8 Å². The second kappa shape index (κ2) is 15.0. The standard InChI is InChI=1S/C28H36BrN5O/c1-6-8-12-23(7-2)18-32-21(3)17-27(33-22(4)25(29)19-30-5)24-13-11-16-34(20-24)28(35)26-14-9-10-15-31-26/h6-10,12,14-15,17,19,24,32H,2,11,13,16,18,20H2,1,3-5H3/b8-6-,21-17+,23-12+,25-22-,30-19?,33-27-. The molecule has 0 radical (unpaired) electrons. The van der Waals surface area contributed by atoms with Crippen molar-refractivity contribution in [2.24, 2.45) is 15.9 Å². The van der Waals surface area contributed by atoms with Crippen molar-refractivity contribution in [3.05, 3.63) is 88.5 Å². The second-order valence-corrected chi connectivity index (χ2v) is 9.17. The van der Waals surface area contributed by atoms with Crippen molar-refractivity contribution in [2.45, 2.75) is 33.6 Å². The van der Waals surface area contributed by atoms with E-state index in [2.05, 4.69) is 43.9 Å². The van der Waals surface area contributed by atoms with Crippen molar-refractivity contribution in [3.63, 3.8) is 0 Å². The van der Waals surface area contributed by atoms with E-state index in [1.807, 2.05) is 62.1 Å². The number of allylic oxidation sites excluding steroid dienone is 7. The molecule has 35 heavy (non-hydrogen) atoms. The normalized spacial score (nSPS) is 18.7. The molecule has 0 spiro atoms. The van der Waals surface area contributed by atoms with Gasteiger partial charge in [-0.05, 0) is 73.3 Å². The molecule has 1 fully saturated rings. The summed E-state index contributed by atoms with van der Waals surface area (Å²) in [5.74, 6) is 0.0733. The summed E-state index contributed by atoms with van der Waals surface area (Å²) in [7, 11) is 1.73. The molecule has 6 nitrogen and oxygen atoms in total. The van der Waals surface area contributed by atoms with E-state index in [1.165, 1.54) is 0 Å². The highest BCUT2D eigenvalue weighted by Gasteiger charge is 2.27. The second-order valence-electron chi connectivity index (χ2n) is 8.32. The van der Waals surface area contributed by atoms with Crippen LogP contribution in [0.4, 0.5) is 0 Å². The Morgan fingerprint density at radius 2 is 2.17 bits per heavy atom. The lowest BCUT2D eigenvalue weighted by atomic mass is 9.92. The third-order valence-corrected chi connectivity index (χ3v) is 6.38. The van der Waals surface area contributed by atoms with Crippen molar-refractivity contribution in [2.75, 3.05) is 26.7 Å². The van der Waals surface area contributed by atoms with Crippen LogP contribution in [0.2, 0.25) is 0 Å². The number of halogens is 1. The summed E-state index contributed by atoms with van der Waals surface area (Å²) >= 11 is 3.56. The van der Waals surface area contributed by atoms with E-state index in [0.29, 0.717) is 18.8 Å². The fourth-order valence-corrected chi connectivity index (χ4v) is 3.98. The molecule has 1 amide bonds. The van der Waals surface area contributed by atoms with Crippen molar-refractivity contribution in [1.82, 2.24) is 15.2 Å². The van der Waals surface area contributed by atoms with Gasteiger partial charge in [-0.1, -0.05) is 36.9 Å². The zero-order chi connectivity index (χ0) is 25.6. The van der Waals surface area contributed by atoms with Crippen LogP contribution in [0.25, 0.3) is 0 Å². The first kappa shape index (κ1) is 28.2. The summed E-state index contributed by atoms with van der Waals surface area (Å²) in [6.45, 7) is 11.9. The Labute approximate surface area is 218 Å². The van der Waals surface area contributed by atoms with Crippen LogP contribution in [0, 0.1) is 5.92 Å². The maximum Gasteiger partial charge on any atom is 0.272 e. The van der Waals surface area contributed by atoms with Crippen LogP contribution < -0.4 is 5.32 Å². The first-order valence-electron chi connectivity index (χ1n) is 11.8. The first-order chi connectivity index (χ1) is 16.9. The first-order valence-corrected chi connectivity index (χ1v) is 12.6. The predicted molar refractivity (Wildman–Crippen MR) is 151 cm³/mol. The Balaban J connectivity index is 2.31. The zero-order valence-electron chi connectivity index (χ0n) is 21.2. The molecular formula is C28H36BrN5O. The van der Waals surface area contributed by atoms with Gasteiger partial charge < -0.3 is 10.2 Å². The molecule has 2 rings (SSSR count). The molecule has 1 aromatic rings. The number of rotatable bonds is 10. The minimum absolute atomic E-state index is 0.0372. The number of pyridine rings is 1. The summed E-state index contributed by atoms with van der Waals surface area (Å²) in [4.78, 5) is 28.2. The SMILES string of the molecule is C=C/C(=C\C=C/C)CN/C(C)=C/C(=N/C(C)=C(\Br)C=NC)C1CCCN(C(=O)c2ccccn2)C1. The predicted octanol–water partition coefficient (Wildman–Crippen LogP) is 5.88. The molecule has 1 aliphatic heterocycles. The Morgan fingerprint density at radius 1 is 1.37 bits per heavy atom. The van der Waals surface area contributed by atoms with E-state index >= 15 is 0 Å². The molecule has 0 saturated carbocycles. The molecule has 2 heterocycles. The van der Waals surface area contributed by atoms with Crippen molar-refractivity contribution in [1.29, 1.82) is 0 Å². The summed E-state index contributed by atoms with van der Waals surface area (Å²) in [5, 5.41) is 3.46. The minimum atomic E-state index is -0.0372. The van der Waals surface area contributed by atoms with Crippen LogP contribution in [0.3, 0.4) is 0 Å². The quantitative estimate of drug-likeness (QED) is 0.299. The summed E-state index contributed by atoms with van der Waals surface area (Å²) in [5.41, 5.74) is 4.34. The maximum atomic E-state index is 13.0. The van der Waals surface area contributed by atoms with Crippen LogP contribution in [-0.2, 0) is 0 Å². The Hall–Kier alpha value is -3.06. The molecule has 1 aromatic heterocycles. The summed E-state index contributed by atoms with van der Waals surface area (Å²) < 4.78 is 0.831. The topological polar surface area (TPSA) is 70.0 Å². The fourth-order valence-electron chi connectivity index (χ4n) is 3.68. The molecule has 1 unspecified atom stereocenters. The van der Waals surface area contributed by atoms with E-state index in [9.17, 15) is 4.79 Å². The molecule has 1 saturated heterocycles. The lowest BCUT2D eigenvalue weighted by Gasteiger charge is -2.33. The van der Waals surface area contributed by atoms with Crippen LogP contribution in [0.5, 0.6) is 0 Å². The van der Waals surface area contributed by atoms with Crippen LogP contribution in [0.15, 0.2) is 92.8 Å². The van der Waals surface area contributed by atoms with E-state index in [0.717, 1.165) is 46.5 Å². The molecule has 1 atom stereocenters. The van der Waals surface area contributed by atoms with Gasteiger partial charge in [0.1, 0.15) is 5.69 Å². The zero-order valence-corrected chi connectivity index (χ0v) is 22.8. The molecule has 0 aliphatic carbocycles. The number of carbonyl (C=O) groups excluding carboxylic acids is 1. The van der Waals surface area contributed by atoms with Crippen molar-refractivity contribution >= 4 is 33.8 Å². The molecule has 0 aromatic carbocycles. The van der Waals surface area contributed by atoms with Gasteiger partial charge in [0.2, 0.25) is 0 Å². The van der Waals surface area contributed by atoms with E-state index in [1.54, 1.807) is 25.5 Å². The number of aliphatic imine (C=N–C) groups is 2. The smallest absolute Gasteiger partial charge is 0.272 e. The van der Waals surface area contributed by atoms with Crippen molar-refractivity contribution < 1.29 is 4.79 Å². The van der Waals surface area contributed by atoms with Crippen molar-refractivity contribution in [3.8, 4) is 0 Å². The van der Waals surface area contributed by atoms with Gasteiger partial charge in [0.05, 0.1) is 10.2 Å². The lowest BCUT2D eigenvalue weighted by molar-refractivity contribution is 0.0697. The summed E-state index contributed by atoms with van der Waals surface area (Å²) in [6.07, 6.45) is 15.2. The fraction of sp³-hybridized carbons (Fsp3) is 0.357. The maximum absolute atomic E-state index is 13.0. The van der Waals surface area contributed by atoms with Gasteiger partial charge in [-0.15, -0.1) is 0 Å². The number of likely N-dealkylation sites (tertiary alicyclic amines) is 1. The van der Waals surface area contributed by atoms with Gasteiger partial charge in [-0.3, -0.25) is 19.8 Å². The van der Waals surface area contributed by atoms with Crippen LogP contribution in [0.1, 0.15) is 44.1 Å². The number of amides is 1. The molecular weight excluding hydrogens is 502 g/mol. The van der Waals surface area contributed by atoms with Gasteiger partial charge in [-0.25, -0.2) is 0 Å². The Kier molecular flexibility index (Phi) is 12.1. The third kappa shape index (κ3) is 9.25. The number of nitrogens with zero attached hydrogens (tertiary/aromatic N) is 4. The molecule has 1 aliphatic rings. The molecule has 0 bridgehead atoms. The number of aromatic nitrogens is 1. The summed E-state index contributed by atoms with van der Waals surface area (Å²) in [6, 6.07) is 5.43. The van der Waals surface area contributed by atoms with E-state index in [4.69, 9.17) is 4.99 Å². The average Bonchev–Trinajstić information content (AvgIpc) is 2.88. The van der Waals surface area contributed by atoms with Crippen LogP contribution >= 0.6 is 15.9 Å². The molecule has 7 heteroatoms. The number of carbonyl (C=O) groups is 1. The minimum Gasteiger partial charge on any atom is -0.384 e. The average molecular weight is 539 g/mol. The van der Waals surface area contributed by atoms with Gasteiger partial charge in [-0.2, -0.15) is 0 Å². The molecule has 186 valence electrons. The van der Waals surface area contributed by atoms with Gasteiger partial charge in [0.15, 0.2) is 0 Å². The number of nitrogens with one attached hydrogen (secondary N) is 1. The number of piperidine rings is 1. The highest BCUT2D eigenvalue weighted by atomic mass is 79.9. The van der Waals surface area contributed by atoms with Gasteiger partial charge in [0, 0.05) is 56.4 Å². The monoisotopic (exact) mass is 537 g/mol. The number of hydrogen-bond donors (Lipinski definition) is 1. The Morgan fingerprint density at radius 3 is 2.83 bits per heavy atom. The van der Waals surface area contributed by atoms with Gasteiger partial charge >= 0.3 is 0 Å². The third-order valence-electron chi connectivity index (χ3n) is 5.60.